The van der Waals surface area contributed by atoms with Crippen molar-refractivity contribution in [3.8, 4) is 11.5 Å². The number of ether oxygens (including phenoxy) is 2. The molecule has 6 nitrogen and oxygen atoms in total. The molecule has 0 heterocycles. The summed E-state index contributed by atoms with van der Waals surface area (Å²) in [5.41, 5.74) is 3.39. The molecule has 13 heteroatoms. The first-order chi connectivity index (χ1) is 15.4. The molecule has 3 N–H and O–H groups in total. The van der Waals surface area contributed by atoms with Crippen molar-refractivity contribution in [1.29, 1.82) is 0 Å². The smallest absolute Gasteiger partial charge is 0.406 e. The van der Waals surface area contributed by atoms with Gasteiger partial charge in [0.25, 0.3) is 0 Å². The molecule has 2 aromatic carbocycles. The van der Waals surface area contributed by atoms with Crippen LogP contribution in [0.15, 0.2) is 48.5 Å². The molecule has 0 saturated carbocycles. The Hall–Kier alpha value is -2.80. The van der Waals surface area contributed by atoms with E-state index in [9.17, 15) is 35.3 Å². The van der Waals surface area contributed by atoms with E-state index >= 15 is 0 Å². The molecule has 0 spiro atoms. The van der Waals surface area contributed by atoms with Crippen molar-refractivity contribution in [3.63, 3.8) is 0 Å². The zero-order chi connectivity index (χ0) is 25.9. The largest absolute Gasteiger partial charge is 0.573 e. The maximum absolute atomic E-state index is 13.1. The molecule has 0 saturated heterocycles. The second kappa shape index (κ2) is 9.82. The summed E-state index contributed by atoms with van der Waals surface area (Å²) in [6.45, 7) is 4.74. The van der Waals surface area contributed by atoms with Crippen molar-refractivity contribution < 1.29 is 44.8 Å². The van der Waals surface area contributed by atoms with Crippen molar-refractivity contribution in [1.82, 2.24) is 4.72 Å². The Bertz CT molecular complexity index is 991. The van der Waals surface area contributed by atoms with Crippen LogP contribution in [0.3, 0.4) is 0 Å². The lowest BCUT2D eigenvalue weighted by molar-refractivity contribution is -0.275. The fourth-order valence-corrected chi connectivity index (χ4v) is 3.95. The number of nitrogens with two attached hydrogens (primary N) is 1. The van der Waals surface area contributed by atoms with Gasteiger partial charge in [-0.15, -0.1) is 26.3 Å². The Morgan fingerprint density at radius 2 is 1.29 bits per heavy atom. The molecule has 0 fully saturated rings. The molecule has 0 aliphatic rings. The lowest BCUT2D eigenvalue weighted by Gasteiger charge is -2.37. The van der Waals surface area contributed by atoms with Crippen LogP contribution in [0.1, 0.15) is 38.3 Å². The minimum absolute atomic E-state index is 0.0604. The fraction of sp³-hybridized carbons (Fsp3) is 0.381. The standard InChI is InChI=1S/C21H22F6N2O4S/c1-18(2,3)34(31)29-19(12-17(28)30,13-6-4-8-15(10-13)32-20(22,23)24)14-7-5-9-16(11-14)33-21(25,26)27/h4-11,29H,12H2,1-3H3,(H2,28,30)/t34-/m1/s1. The van der Waals surface area contributed by atoms with Gasteiger partial charge in [-0.25, -0.2) is 8.93 Å². The predicted octanol–water partition coefficient (Wildman–Crippen LogP) is 4.65. The highest BCUT2D eigenvalue weighted by Gasteiger charge is 2.41. The molecule has 2 aromatic rings. The molecule has 0 aliphatic heterocycles. The van der Waals surface area contributed by atoms with Crippen LogP contribution in [-0.2, 0) is 21.3 Å². The number of nitrogens with one attached hydrogen (secondary N) is 1. The highest BCUT2D eigenvalue weighted by atomic mass is 32.2. The number of benzene rings is 2. The number of alkyl halides is 6. The van der Waals surface area contributed by atoms with Gasteiger partial charge in [0.1, 0.15) is 11.5 Å². The third-order valence-electron chi connectivity index (χ3n) is 4.38. The maximum atomic E-state index is 13.1. The van der Waals surface area contributed by atoms with Crippen LogP contribution in [0, 0.1) is 0 Å². The summed E-state index contributed by atoms with van der Waals surface area (Å²) in [4.78, 5) is 12.1. The molecular formula is C21H22F6N2O4S. The van der Waals surface area contributed by atoms with Gasteiger partial charge in [0, 0.05) is 0 Å². The number of carbonyl (C=O) groups excluding carboxylic acids is 1. The van der Waals surface area contributed by atoms with E-state index in [4.69, 9.17) is 5.73 Å². The summed E-state index contributed by atoms with van der Waals surface area (Å²) in [6.07, 6.45) is -10.7. The minimum Gasteiger partial charge on any atom is -0.406 e. The predicted molar refractivity (Wildman–Crippen MR) is 112 cm³/mol. The molecule has 0 radical (unpaired) electrons. The van der Waals surface area contributed by atoms with Gasteiger partial charge in [-0.2, -0.15) is 0 Å². The molecule has 0 aromatic heterocycles. The number of hydrogen-bond acceptors (Lipinski definition) is 4. The van der Waals surface area contributed by atoms with E-state index in [2.05, 4.69) is 14.2 Å². The molecular weight excluding hydrogens is 490 g/mol. The topological polar surface area (TPSA) is 90.7 Å². The summed E-state index contributed by atoms with van der Waals surface area (Å²) < 4.78 is 99.5. The van der Waals surface area contributed by atoms with Crippen LogP contribution in [0.5, 0.6) is 11.5 Å². The Labute approximate surface area is 194 Å². The second-order valence-corrected chi connectivity index (χ2v) is 10.1. The van der Waals surface area contributed by atoms with Crippen LogP contribution >= 0.6 is 0 Å². The van der Waals surface area contributed by atoms with E-state index in [0.717, 1.165) is 24.3 Å². The summed E-state index contributed by atoms with van der Waals surface area (Å²) in [6, 6.07) is 8.83. The van der Waals surface area contributed by atoms with Gasteiger partial charge in [-0.3, -0.25) is 4.79 Å². The molecule has 0 unspecified atom stereocenters. The van der Waals surface area contributed by atoms with Crippen molar-refractivity contribution in [3.05, 3.63) is 59.7 Å². The number of carbonyl (C=O) groups is 1. The van der Waals surface area contributed by atoms with Gasteiger partial charge in [-0.1, -0.05) is 24.3 Å². The quantitative estimate of drug-likeness (QED) is 0.504. The molecule has 188 valence electrons. The average molecular weight is 512 g/mol. The Morgan fingerprint density at radius 1 is 0.882 bits per heavy atom. The van der Waals surface area contributed by atoms with Crippen molar-refractivity contribution in [2.45, 2.75) is 50.2 Å². The molecule has 0 bridgehead atoms. The van der Waals surface area contributed by atoms with E-state index in [1.807, 2.05) is 0 Å². The van der Waals surface area contributed by atoms with Gasteiger partial charge in [-0.05, 0) is 56.2 Å². The highest BCUT2D eigenvalue weighted by Crippen LogP contribution is 2.39. The van der Waals surface area contributed by atoms with Crippen molar-refractivity contribution in [2.75, 3.05) is 0 Å². The fourth-order valence-electron chi connectivity index (χ4n) is 3.01. The lowest BCUT2D eigenvalue weighted by Crippen LogP contribution is -2.50. The number of primary amides is 1. The lowest BCUT2D eigenvalue weighted by atomic mass is 9.80. The first kappa shape index (κ1) is 27.4. The monoisotopic (exact) mass is 512 g/mol. The first-order valence-electron chi connectivity index (χ1n) is 9.62. The molecule has 0 aliphatic carbocycles. The van der Waals surface area contributed by atoms with E-state index in [1.54, 1.807) is 20.8 Å². The Morgan fingerprint density at radius 3 is 1.62 bits per heavy atom. The Balaban J connectivity index is 2.78. The summed E-state index contributed by atoms with van der Waals surface area (Å²) in [7, 11) is -1.96. The van der Waals surface area contributed by atoms with Crippen molar-refractivity contribution >= 4 is 16.9 Å². The minimum atomic E-state index is -5.03. The zero-order valence-corrected chi connectivity index (χ0v) is 19.0. The van der Waals surface area contributed by atoms with E-state index in [0.29, 0.717) is 0 Å². The van der Waals surface area contributed by atoms with E-state index in [-0.39, 0.29) is 11.1 Å². The van der Waals surface area contributed by atoms with E-state index in [1.165, 1.54) is 24.3 Å². The third kappa shape index (κ3) is 7.62. The van der Waals surface area contributed by atoms with Crippen LogP contribution in [0.2, 0.25) is 0 Å². The van der Waals surface area contributed by atoms with Crippen LogP contribution in [0.25, 0.3) is 0 Å². The van der Waals surface area contributed by atoms with Gasteiger partial charge >= 0.3 is 12.7 Å². The van der Waals surface area contributed by atoms with Gasteiger partial charge in [0.15, 0.2) is 0 Å². The molecule has 2 rings (SSSR count). The number of halogens is 6. The third-order valence-corrected chi connectivity index (χ3v) is 6.03. The zero-order valence-electron chi connectivity index (χ0n) is 18.2. The summed E-state index contributed by atoms with van der Waals surface area (Å²) in [5, 5.41) is 0. The molecule has 34 heavy (non-hydrogen) atoms. The SMILES string of the molecule is CC(C)(C)[S@@](=O)NC(CC(N)=O)(c1cccc(OC(F)(F)F)c1)c1cccc(OC(F)(F)F)c1. The number of hydrogen-bond donors (Lipinski definition) is 2. The van der Waals surface area contributed by atoms with Crippen molar-refractivity contribution in [2.24, 2.45) is 5.73 Å². The molecule has 1 amide bonds. The maximum Gasteiger partial charge on any atom is 0.573 e. The average Bonchev–Trinajstić information content (AvgIpc) is 2.64. The van der Waals surface area contributed by atoms with Crippen LogP contribution < -0.4 is 19.9 Å². The summed E-state index contributed by atoms with van der Waals surface area (Å²) >= 11 is 0. The molecule has 1 atom stereocenters. The number of rotatable bonds is 8. The Kier molecular flexibility index (Phi) is 7.93. The van der Waals surface area contributed by atoms with E-state index < -0.39 is 57.8 Å². The van der Waals surface area contributed by atoms with Gasteiger partial charge in [0.05, 0.1) is 27.7 Å². The van der Waals surface area contributed by atoms with Gasteiger partial charge < -0.3 is 15.2 Å². The number of amides is 1. The van der Waals surface area contributed by atoms with Crippen LogP contribution in [0.4, 0.5) is 26.3 Å². The van der Waals surface area contributed by atoms with Gasteiger partial charge in [0.2, 0.25) is 5.91 Å². The van der Waals surface area contributed by atoms with Crippen LogP contribution in [-0.4, -0.2) is 27.6 Å². The normalized spacial score (nSPS) is 13.9. The highest BCUT2D eigenvalue weighted by molar-refractivity contribution is 7.84. The first-order valence-corrected chi connectivity index (χ1v) is 10.8. The second-order valence-electron chi connectivity index (χ2n) is 8.18. The summed E-state index contributed by atoms with van der Waals surface area (Å²) in [5.74, 6) is -2.29.